The lowest BCUT2D eigenvalue weighted by Gasteiger charge is -2.12. The molecule has 1 saturated carbocycles. The van der Waals surface area contributed by atoms with Crippen LogP contribution in [0.3, 0.4) is 0 Å². The van der Waals surface area contributed by atoms with Crippen molar-refractivity contribution in [2.45, 2.75) is 30.2 Å². The highest BCUT2D eigenvalue weighted by atomic mass is 35.5. The first kappa shape index (κ1) is 20.1. The van der Waals surface area contributed by atoms with E-state index in [0.29, 0.717) is 17.9 Å². The summed E-state index contributed by atoms with van der Waals surface area (Å²) in [6, 6.07) is 7.95. The maximum Gasteiger partial charge on any atom is 0.252 e. The Balaban J connectivity index is 1.48. The molecule has 1 fully saturated rings. The summed E-state index contributed by atoms with van der Waals surface area (Å²) in [4.78, 5) is 12.4. The summed E-state index contributed by atoms with van der Waals surface area (Å²) in [7, 11) is -3.82. The van der Waals surface area contributed by atoms with Gasteiger partial charge in [0, 0.05) is 25.2 Å². The van der Waals surface area contributed by atoms with Crippen molar-refractivity contribution < 1.29 is 13.2 Å². The number of carbonyl (C=O) groups is 1. The van der Waals surface area contributed by atoms with Gasteiger partial charge in [0.15, 0.2) is 5.65 Å². The molecule has 3 aromatic rings. The van der Waals surface area contributed by atoms with Gasteiger partial charge in [-0.25, -0.2) is 13.1 Å². The highest BCUT2D eigenvalue weighted by Gasteiger charge is 2.30. The third-order valence-electron chi connectivity index (χ3n) is 4.47. The molecule has 11 heteroatoms. The van der Waals surface area contributed by atoms with Crippen LogP contribution in [-0.4, -0.2) is 41.5 Å². The Hall–Kier alpha value is -2.20. The Morgan fingerprint density at radius 1 is 1.17 bits per heavy atom. The molecule has 1 aliphatic carbocycles. The normalized spacial score (nSPS) is 14.3. The molecule has 0 radical (unpaired) electrons. The molecule has 0 bridgehead atoms. The van der Waals surface area contributed by atoms with Gasteiger partial charge < -0.3 is 5.32 Å². The molecule has 29 heavy (non-hydrogen) atoms. The van der Waals surface area contributed by atoms with Gasteiger partial charge in [-0.3, -0.25) is 9.20 Å². The number of carbonyl (C=O) groups excluding carboxylic acids is 1. The number of aromatic nitrogens is 3. The second kappa shape index (κ2) is 7.91. The molecule has 4 rings (SSSR count). The van der Waals surface area contributed by atoms with E-state index < -0.39 is 15.9 Å². The van der Waals surface area contributed by atoms with E-state index in [1.54, 1.807) is 0 Å². The summed E-state index contributed by atoms with van der Waals surface area (Å²) in [6.07, 6.45) is 3.85. The van der Waals surface area contributed by atoms with Crippen molar-refractivity contribution in [1.29, 1.82) is 0 Å². The number of pyridine rings is 1. The van der Waals surface area contributed by atoms with E-state index in [-0.39, 0.29) is 33.1 Å². The fourth-order valence-corrected chi connectivity index (χ4v) is 5.00. The smallest absolute Gasteiger partial charge is 0.252 e. The number of amides is 1. The maximum atomic E-state index is 12.6. The summed E-state index contributed by atoms with van der Waals surface area (Å²) < 4.78 is 29.4. The molecule has 2 heterocycles. The molecule has 152 valence electrons. The zero-order valence-corrected chi connectivity index (χ0v) is 17.4. The van der Waals surface area contributed by atoms with E-state index in [2.05, 4.69) is 20.2 Å². The summed E-state index contributed by atoms with van der Waals surface area (Å²) >= 11 is 12.2. The van der Waals surface area contributed by atoms with Gasteiger partial charge in [-0.1, -0.05) is 29.3 Å². The van der Waals surface area contributed by atoms with Gasteiger partial charge in [0.05, 0.1) is 15.6 Å². The summed E-state index contributed by atoms with van der Waals surface area (Å²) in [5.74, 6) is 0.198. The van der Waals surface area contributed by atoms with Gasteiger partial charge in [-0.15, -0.1) is 10.2 Å². The van der Waals surface area contributed by atoms with Crippen LogP contribution in [0.1, 0.15) is 29.0 Å². The van der Waals surface area contributed by atoms with Crippen LogP contribution >= 0.6 is 23.2 Å². The minimum atomic E-state index is -3.82. The number of sulfonamides is 1. The second-order valence-corrected chi connectivity index (χ2v) is 9.21. The number of nitrogens with one attached hydrogen (secondary N) is 2. The number of benzene rings is 1. The number of hydrogen-bond acceptors (Lipinski definition) is 5. The molecule has 1 aromatic carbocycles. The van der Waals surface area contributed by atoms with Gasteiger partial charge in [0.1, 0.15) is 10.7 Å². The van der Waals surface area contributed by atoms with Gasteiger partial charge in [-0.2, -0.15) is 0 Å². The number of halogens is 2. The standard InChI is InChI=1S/C18H17Cl2N5O3S/c19-13-10-14(20)15(29(27,28)24-11-4-5-11)9-12(13)18(26)21-7-6-17-23-22-16-3-1-2-8-25(16)17/h1-3,8-11,24H,4-7H2,(H,21,26). The Morgan fingerprint density at radius 2 is 1.97 bits per heavy atom. The van der Waals surface area contributed by atoms with Crippen molar-refractivity contribution >= 4 is 44.8 Å². The average molecular weight is 454 g/mol. The predicted octanol–water partition coefficient (Wildman–Crippen LogP) is 2.45. The molecule has 0 spiro atoms. The first-order chi connectivity index (χ1) is 13.8. The van der Waals surface area contributed by atoms with E-state index in [1.165, 1.54) is 12.1 Å². The highest BCUT2D eigenvalue weighted by molar-refractivity contribution is 7.89. The van der Waals surface area contributed by atoms with E-state index in [1.807, 2.05) is 28.8 Å². The Bertz CT molecular complexity index is 1190. The van der Waals surface area contributed by atoms with Crippen molar-refractivity contribution in [3.63, 3.8) is 0 Å². The third-order valence-corrected chi connectivity index (χ3v) is 6.77. The average Bonchev–Trinajstić information content (AvgIpc) is 3.38. The van der Waals surface area contributed by atoms with Crippen LogP contribution in [0.15, 0.2) is 41.4 Å². The van der Waals surface area contributed by atoms with Gasteiger partial charge in [-0.05, 0) is 37.1 Å². The van der Waals surface area contributed by atoms with Crippen LogP contribution in [0.5, 0.6) is 0 Å². The molecule has 1 amide bonds. The van der Waals surface area contributed by atoms with E-state index in [9.17, 15) is 13.2 Å². The van der Waals surface area contributed by atoms with Crippen LogP contribution in [0.2, 0.25) is 10.0 Å². The van der Waals surface area contributed by atoms with Crippen molar-refractivity contribution in [3.05, 3.63) is 58.0 Å². The molecule has 0 saturated heterocycles. The van der Waals surface area contributed by atoms with E-state index in [0.717, 1.165) is 12.8 Å². The Labute approximate surface area is 177 Å². The van der Waals surface area contributed by atoms with E-state index >= 15 is 0 Å². The topological polar surface area (TPSA) is 105 Å². The first-order valence-electron chi connectivity index (χ1n) is 8.93. The maximum absolute atomic E-state index is 12.6. The van der Waals surface area contributed by atoms with Crippen LogP contribution < -0.4 is 10.0 Å². The lowest BCUT2D eigenvalue weighted by atomic mass is 10.2. The summed E-state index contributed by atoms with van der Waals surface area (Å²) in [5.41, 5.74) is 0.755. The predicted molar refractivity (Wildman–Crippen MR) is 109 cm³/mol. The largest absolute Gasteiger partial charge is 0.352 e. The zero-order chi connectivity index (χ0) is 20.6. The number of fused-ring (bicyclic) bond motifs is 1. The quantitative estimate of drug-likeness (QED) is 0.571. The molecule has 8 nitrogen and oxygen atoms in total. The lowest BCUT2D eigenvalue weighted by Crippen LogP contribution is -2.28. The SMILES string of the molecule is O=C(NCCc1nnc2ccccn12)c1cc(S(=O)(=O)NC2CC2)c(Cl)cc1Cl. The Morgan fingerprint density at radius 3 is 2.72 bits per heavy atom. The van der Waals surface area contributed by atoms with Crippen LogP contribution in [0.25, 0.3) is 5.65 Å². The second-order valence-electron chi connectivity index (χ2n) is 6.71. The minimum absolute atomic E-state index is 0.0328. The summed E-state index contributed by atoms with van der Waals surface area (Å²) in [6.45, 7) is 0.274. The number of hydrogen-bond donors (Lipinski definition) is 2. The molecule has 0 atom stereocenters. The third kappa shape index (κ3) is 4.37. The molecular weight excluding hydrogens is 437 g/mol. The molecule has 0 unspecified atom stereocenters. The molecule has 1 aliphatic rings. The highest BCUT2D eigenvalue weighted by Crippen LogP contribution is 2.30. The van der Waals surface area contributed by atoms with Crippen molar-refractivity contribution in [3.8, 4) is 0 Å². The monoisotopic (exact) mass is 453 g/mol. The van der Waals surface area contributed by atoms with Crippen molar-refractivity contribution in [2.75, 3.05) is 6.54 Å². The number of rotatable bonds is 7. The Kier molecular flexibility index (Phi) is 5.48. The van der Waals surface area contributed by atoms with Gasteiger partial charge in [0.25, 0.3) is 5.91 Å². The molecule has 0 aliphatic heterocycles. The van der Waals surface area contributed by atoms with Crippen LogP contribution in [-0.2, 0) is 16.4 Å². The zero-order valence-electron chi connectivity index (χ0n) is 15.1. The van der Waals surface area contributed by atoms with Crippen LogP contribution in [0.4, 0.5) is 0 Å². The summed E-state index contributed by atoms with van der Waals surface area (Å²) in [5, 5.41) is 10.9. The van der Waals surface area contributed by atoms with Gasteiger partial charge in [0.2, 0.25) is 10.0 Å². The first-order valence-corrected chi connectivity index (χ1v) is 11.2. The molecule has 2 N–H and O–H groups in total. The fraction of sp³-hybridized carbons (Fsp3) is 0.278. The van der Waals surface area contributed by atoms with Gasteiger partial charge >= 0.3 is 0 Å². The minimum Gasteiger partial charge on any atom is -0.352 e. The fourth-order valence-electron chi connectivity index (χ4n) is 2.84. The molecular formula is C18H17Cl2N5O3S. The number of nitrogens with zero attached hydrogens (tertiary/aromatic N) is 3. The lowest BCUT2D eigenvalue weighted by molar-refractivity contribution is 0.0954. The van der Waals surface area contributed by atoms with Crippen molar-refractivity contribution in [2.24, 2.45) is 0 Å². The van der Waals surface area contributed by atoms with Crippen molar-refractivity contribution in [1.82, 2.24) is 24.6 Å². The van der Waals surface area contributed by atoms with Crippen LogP contribution in [0, 0.1) is 0 Å². The molecule has 2 aromatic heterocycles. The van der Waals surface area contributed by atoms with E-state index in [4.69, 9.17) is 23.2 Å².